The van der Waals surface area contributed by atoms with E-state index in [-0.39, 0.29) is 11.4 Å². The number of aromatic nitrogens is 2. The number of ether oxygens (including phenoxy) is 2. The van der Waals surface area contributed by atoms with Crippen molar-refractivity contribution in [3.63, 3.8) is 0 Å². The number of rotatable bonds is 5. The number of hydrogen-bond donors (Lipinski definition) is 0. The van der Waals surface area contributed by atoms with Gasteiger partial charge in [-0.1, -0.05) is 6.92 Å². The molecule has 1 aromatic heterocycles. The van der Waals surface area contributed by atoms with Crippen LogP contribution in [-0.2, 0) is 6.54 Å². The average molecular weight is 339 g/mol. The second-order valence-electron chi connectivity index (χ2n) is 4.13. The maximum atomic E-state index is 12.1. The van der Waals surface area contributed by atoms with Gasteiger partial charge in [-0.2, -0.15) is 0 Å². The molecule has 0 N–H and O–H groups in total. The van der Waals surface area contributed by atoms with Crippen molar-refractivity contribution >= 4 is 15.9 Å². The first-order valence-corrected chi connectivity index (χ1v) is 7.02. The van der Waals surface area contributed by atoms with E-state index in [1.807, 2.05) is 6.92 Å². The van der Waals surface area contributed by atoms with E-state index >= 15 is 0 Å². The third-order valence-electron chi connectivity index (χ3n) is 2.69. The van der Waals surface area contributed by atoms with E-state index in [0.717, 1.165) is 6.42 Å². The zero-order chi connectivity index (χ0) is 14.5. The molecule has 5 nitrogen and oxygen atoms in total. The molecule has 0 radical (unpaired) electrons. The van der Waals surface area contributed by atoms with Gasteiger partial charge in [0.25, 0.3) is 5.88 Å². The topological polar surface area (TPSA) is 53.4 Å². The summed E-state index contributed by atoms with van der Waals surface area (Å²) in [6.07, 6.45) is 4.08. The molecular weight excluding hydrogens is 324 g/mol. The Bertz CT molecular complexity index is 655. The van der Waals surface area contributed by atoms with Gasteiger partial charge < -0.3 is 14.0 Å². The van der Waals surface area contributed by atoms with Crippen LogP contribution in [0.4, 0.5) is 0 Å². The highest BCUT2D eigenvalue weighted by atomic mass is 79.9. The van der Waals surface area contributed by atoms with Crippen molar-refractivity contribution in [3.05, 3.63) is 45.4 Å². The van der Waals surface area contributed by atoms with Gasteiger partial charge in [0.1, 0.15) is 11.5 Å². The normalized spacial score (nSPS) is 10.3. The van der Waals surface area contributed by atoms with E-state index in [0.29, 0.717) is 22.5 Å². The fraction of sp³-hybridized carbons (Fsp3) is 0.286. The minimum atomic E-state index is -0.239. The molecule has 0 fully saturated rings. The number of aryl methyl sites for hydroxylation is 1. The number of benzene rings is 1. The summed E-state index contributed by atoms with van der Waals surface area (Å²) in [5, 5.41) is 0. The highest BCUT2D eigenvalue weighted by molar-refractivity contribution is 9.10. The Morgan fingerprint density at radius 3 is 2.85 bits per heavy atom. The Balaban J connectivity index is 2.30. The molecule has 1 aromatic carbocycles. The highest BCUT2D eigenvalue weighted by Crippen LogP contribution is 2.31. The zero-order valence-electron chi connectivity index (χ0n) is 11.3. The Kier molecular flexibility index (Phi) is 4.79. The summed E-state index contributed by atoms with van der Waals surface area (Å²) >= 11 is 3.38. The van der Waals surface area contributed by atoms with E-state index in [9.17, 15) is 4.79 Å². The number of halogens is 1. The van der Waals surface area contributed by atoms with Crippen LogP contribution in [0.15, 0.2) is 39.9 Å². The van der Waals surface area contributed by atoms with Crippen molar-refractivity contribution in [2.45, 2.75) is 19.9 Å². The second-order valence-corrected chi connectivity index (χ2v) is 4.98. The number of hydrogen-bond acceptors (Lipinski definition) is 4. The summed E-state index contributed by atoms with van der Waals surface area (Å²) in [6, 6.07) is 5.25. The molecule has 0 saturated carbocycles. The van der Waals surface area contributed by atoms with Crippen molar-refractivity contribution in [1.29, 1.82) is 0 Å². The van der Waals surface area contributed by atoms with Crippen LogP contribution in [0, 0.1) is 0 Å². The molecule has 2 aromatic rings. The molecule has 20 heavy (non-hydrogen) atoms. The SMILES string of the molecule is CCCn1ccnc(Oc2ccc(OC)cc2Br)c1=O. The predicted octanol–water partition coefficient (Wildman–Crippen LogP) is 3.22. The highest BCUT2D eigenvalue weighted by Gasteiger charge is 2.10. The standard InChI is InChI=1S/C14H15BrN2O3/c1-3-7-17-8-6-16-13(14(17)18)20-12-5-4-10(19-2)9-11(12)15/h4-6,8-9H,3,7H2,1-2H3. The van der Waals surface area contributed by atoms with Gasteiger partial charge in [0.05, 0.1) is 11.6 Å². The maximum absolute atomic E-state index is 12.1. The Hall–Kier alpha value is -1.82. The van der Waals surface area contributed by atoms with Crippen molar-refractivity contribution in [2.75, 3.05) is 7.11 Å². The fourth-order valence-electron chi connectivity index (χ4n) is 1.71. The van der Waals surface area contributed by atoms with Gasteiger partial charge in [0.15, 0.2) is 0 Å². The summed E-state index contributed by atoms with van der Waals surface area (Å²) in [5.74, 6) is 1.28. The third-order valence-corrected chi connectivity index (χ3v) is 3.31. The van der Waals surface area contributed by atoms with Crippen LogP contribution in [0.1, 0.15) is 13.3 Å². The monoisotopic (exact) mass is 338 g/mol. The quantitative estimate of drug-likeness (QED) is 0.839. The summed E-state index contributed by atoms with van der Waals surface area (Å²) in [7, 11) is 1.59. The minimum Gasteiger partial charge on any atom is -0.497 e. The second kappa shape index (κ2) is 6.56. The molecule has 0 unspecified atom stereocenters. The first-order chi connectivity index (χ1) is 9.65. The molecule has 0 spiro atoms. The largest absolute Gasteiger partial charge is 0.497 e. The van der Waals surface area contributed by atoms with Crippen molar-refractivity contribution in [3.8, 4) is 17.4 Å². The Morgan fingerprint density at radius 1 is 1.40 bits per heavy atom. The van der Waals surface area contributed by atoms with Gasteiger partial charge in [-0.15, -0.1) is 0 Å². The van der Waals surface area contributed by atoms with Crippen LogP contribution in [0.25, 0.3) is 0 Å². The first-order valence-electron chi connectivity index (χ1n) is 6.22. The van der Waals surface area contributed by atoms with Gasteiger partial charge in [0.2, 0.25) is 0 Å². The van der Waals surface area contributed by atoms with Crippen molar-refractivity contribution < 1.29 is 9.47 Å². The Morgan fingerprint density at radius 2 is 2.20 bits per heavy atom. The molecule has 0 saturated heterocycles. The smallest absolute Gasteiger partial charge is 0.313 e. The summed E-state index contributed by atoms with van der Waals surface area (Å²) in [5.41, 5.74) is -0.239. The summed E-state index contributed by atoms with van der Waals surface area (Å²) in [4.78, 5) is 16.1. The molecule has 1 heterocycles. The summed E-state index contributed by atoms with van der Waals surface area (Å²) in [6.45, 7) is 2.65. The lowest BCUT2D eigenvalue weighted by molar-refractivity contribution is 0.410. The van der Waals surface area contributed by atoms with Crippen LogP contribution in [0.3, 0.4) is 0 Å². The fourth-order valence-corrected chi connectivity index (χ4v) is 2.15. The number of nitrogens with zero attached hydrogens (tertiary/aromatic N) is 2. The Labute approximate surface area is 125 Å². The van der Waals surface area contributed by atoms with Crippen LogP contribution in [-0.4, -0.2) is 16.7 Å². The van der Waals surface area contributed by atoms with Crippen LogP contribution in [0.2, 0.25) is 0 Å². The van der Waals surface area contributed by atoms with Crippen molar-refractivity contribution in [2.24, 2.45) is 0 Å². The molecule has 0 amide bonds. The van der Waals surface area contributed by atoms with Gasteiger partial charge in [-0.05, 0) is 40.5 Å². The van der Waals surface area contributed by atoms with E-state index in [4.69, 9.17) is 9.47 Å². The van der Waals surface area contributed by atoms with Gasteiger partial charge in [-0.3, -0.25) is 4.79 Å². The molecule has 0 aliphatic heterocycles. The molecule has 0 atom stereocenters. The molecule has 0 aliphatic rings. The predicted molar refractivity (Wildman–Crippen MR) is 79.6 cm³/mol. The molecule has 0 aliphatic carbocycles. The van der Waals surface area contributed by atoms with E-state index in [2.05, 4.69) is 20.9 Å². The van der Waals surface area contributed by atoms with Gasteiger partial charge in [0, 0.05) is 18.9 Å². The van der Waals surface area contributed by atoms with Gasteiger partial charge in [-0.25, -0.2) is 4.98 Å². The molecule has 6 heteroatoms. The molecule has 0 bridgehead atoms. The number of methoxy groups -OCH3 is 1. The third kappa shape index (κ3) is 3.19. The molecule has 2 rings (SSSR count). The summed E-state index contributed by atoms with van der Waals surface area (Å²) < 4.78 is 13.0. The maximum Gasteiger partial charge on any atom is 0.313 e. The van der Waals surface area contributed by atoms with Crippen LogP contribution in [0.5, 0.6) is 17.4 Å². The molecule has 106 valence electrons. The van der Waals surface area contributed by atoms with E-state index in [1.54, 1.807) is 42.3 Å². The zero-order valence-corrected chi connectivity index (χ0v) is 12.9. The van der Waals surface area contributed by atoms with Gasteiger partial charge >= 0.3 is 5.56 Å². The van der Waals surface area contributed by atoms with E-state index < -0.39 is 0 Å². The lowest BCUT2D eigenvalue weighted by Crippen LogP contribution is -2.21. The van der Waals surface area contributed by atoms with Crippen molar-refractivity contribution in [1.82, 2.24) is 9.55 Å². The lowest BCUT2D eigenvalue weighted by atomic mass is 10.3. The first kappa shape index (κ1) is 14.6. The lowest BCUT2D eigenvalue weighted by Gasteiger charge is -2.09. The average Bonchev–Trinajstić information content (AvgIpc) is 2.45. The minimum absolute atomic E-state index is 0.0619. The van der Waals surface area contributed by atoms with Crippen LogP contribution < -0.4 is 15.0 Å². The molecular formula is C14H15BrN2O3. The van der Waals surface area contributed by atoms with E-state index in [1.165, 1.54) is 0 Å². The van der Waals surface area contributed by atoms with Crippen LogP contribution >= 0.6 is 15.9 Å².